The van der Waals surface area contributed by atoms with Gasteiger partial charge in [0, 0.05) is 12.1 Å². The molecular formula is C17H26N2O5. The van der Waals surface area contributed by atoms with Crippen molar-refractivity contribution in [3.05, 3.63) is 28.3 Å². The molecule has 0 heterocycles. The van der Waals surface area contributed by atoms with E-state index < -0.39 is 4.92 Å². The van der Waals surface area contributed by atoms with E-state index in [1.807, 2.05) is 6.92 Å². The maximum Gasteiger partial charge on any atom is 0.273 e. The molecule has 1 N–H and O–H groups in total. The fourth-order valence-electron chi connectivity index (χ4n) is 2.26. The van der Waals surface area contributed by atoms with E-state index in [2.05, 4.69) is 19.2 Å². The third-order valence-corrected chi connectivity index (χ3v) is 3.54. The molecule has 1 aromatic rings. The molecule has 0 bridgehead atoms. The van der Waals surface area contributed by atoms with Gasteiger partial charge in [-0.15, -0.1) is 0 Å². The van der Waals surface area contributed by atoms with Crippen molar-refractivity contribution in [2.75, 3.05) is 13.7 Å². The highest BCUT2D eigenvalue weighted by Gasteiger charge is 2.14. The first-order valence-corrected chi connectivity index (χ1v) is 8.08. The fraction of sp³-hybridized carbons (Fsp3) is 0.588. The average molecular weight is 338 g/mol. The lowest BCUT2D eigenvalue weighted by Gasteiger charge is -2.15. The summed E-state index contributed by atoms with van der Waals surface area (Å²) < 4.78 is 10.5. The van der Waals surface area contributed by atoms with Crippen LogP contribution in [0.4, 0.5) is 5.69 Å². The van der Waals surface area contributed by atoms with Gasteiger partial charge >= 0.3 is 0 Å². The van der Waals surface area contributed by atoms with Gasteiger partial charge in [-0.1, -0.05) is 26.7 Å². The molecule has 0 spiro atoms. The zero-order chi connectivity index (χ0) is 18.1. The molecule has 1 rings (SSSR count). The number of benzene rings is 1. The number of nitrogens with one attached hydrogen (secondary N) is 1. The van der Waals surface area contributed by atoms with E-state index >= 15 is 0 Å². The first-order chi connectivity index (χ1) is 11.3. The largest absolute Gasteiger partial charge is 0.493 e. The van der Waals surface area contributed by atoms with Gasteiger partial charge < -0.3 is 14.8 Å². The van der Waals surface area contributed by atoms with E-state index in [0.29, 0.717) is 11.7 Å². The fourth-order valence-corrected chi connectivity index (χ4v) is 2.26. The number of hydrogen-bond acceptors (Lipinski definition) is 5. The highest BCUT2D eigenvalue weighted by atomic mass is 16.6. The molecule has 0 fully saturated rings. The van der Waals surface area contributed by atoms with Crippen LogP contribution in [-0.2, 0) is 4.79 Å². The first kappa shape index (κ1) is 19.7. The zero-order valence-corrected chi connectivity index (χ0v) is 14.7. The minimum absolute atomic E-state index is 0.0619. The summed E-state index contributed by atoms with van der Waals surface area (Å²) in [7, 11) is 1.44. The molecule has 0 aromatic heterocycles. The number of rotatable bonds is 10. The normalized spacial score (nSPS) is 11.9. The minimum Gasteiger partial charge on any atom is -0.493 e. The van der Waals surface area contributed by atoms with E-state index in [-0.39, 0.29) is 30.0 Å². The van der Waals surface area contributed by atoms with Crippen molar-refractivity contribution < 1.29 is 19.2 Å². The van der Waals surface area contributed by atoms with Gasteiger partial charge in [0.15, 0.2) is 18.1 Å². The van der Waals surface area contributed by atoms with Crippen LogP contribution >= 0.6 is 0 Å². The Morgan fingerprint density at radius 3 is 2.54 bits per heavy atom. The lowest BCUT2D eigenvalue weighted by molar-refractivity contribution is -0.385. The lowest BCUT2D eigenvalue weighted by atomic mass is 10.0. The van der Waals surface area contributed by atoms with Crippen molar-refractivity contribution in [2.45, 2.75) is 46.1 Å². The van der Waals surface area contributed by atoms with Crippen LogP contribution in [0, 0.1) is 16.0 Å². The first-order valence-electron chi connectivity index (χ1n) is 8.08. The van der Waals surface area contributed by atoms with Crippen LogP contribution in [0.1, 0.15) is 40.0 Å². The summed E-state index contributed by atoms with van der Waals surface area (Å²) in [6, 6.07) is 4.08. The molecule has 7 heteroatoms. The summed E-state index contributed by atoms with van der Waals surface area (Å²) in [5.74, 6) is 0.908. The van der Waals surface area contributed by atoms with Gasteiger partial charge in [0.1, 0.15) is 0 Å². The highest BCUT2D eigenvalue weighted by Crippen LogP contribution is 2.31. The van der Waals surface area contributed by atoms with E-state index in [9.17, 15) is 14.9 Å². The Hall–Kier alpha value is -2.31. The van der Waals surface area contributed by atoms with Crippen LogP contribution < -0.4 is 14.8 Å². The van der Waals surface area contributed by atoms with E-state index in [1.165, 1.54) is 25.3 Å². The predicted octanol–water partition coefficient (Wildman–Crippen LogP) is 3.31. The SMILES string of the molecule is COc1ccc([N+](=O)[O-])cc1OCC(=O)N[C@@H](C)CCCC(C)C. The molecular weight excluding hydrogens is 312 g/mol. The Kier molecular flexibility index (Phi) is 8.01. The molecule has 0 aliphatic rings. The average Bonchev–Trinajstić information content (AvgIpc) is 2.52. The van der Waals surface area contributed by atoms with Crippen LogP contribution in [0.15, 0.2) is 18.2 Å². The third-order valence-electron chi connectivity index (χ3n) is 3.54. The number of carbonyl (C=O) groups is 1. The van der Waals surface area contributed by atoms with Crippen molar-refractivity contribution in [1.82, 2.24) is 5.32 Å². The lowest BCUT2D eigenvalue weighted by Crippen LogP contribution is -2.36. The Morgan fingerprint density at radius 1 is 1.25 bits per heavy atom. The smallest absolute Gasteiger partial charge is 0.273 e. The molecule has 0 unspecified atom stereocenters. The maximum atomic E-state index is 11.9. The molecule has 0 aliphatic carbocycles. The molecule has 1 aromatic carbocycles. The predicted molar refractivity (Wildman–Crippen MR) is 91.4 cm³/mol. The Morgan fingerprint density at radius 2 is 1.96 bits per heavy atom. The van der Waals surface area contributed by atoms with E-state index in [1.54, 1.807) is 0 Å². The summed E-state index contributed by atoms with van der Waals surface area (Å²) >= 11 is 0. The zero-order valence-electron chi connectivity index (χ0n) is 14.7. The number of ether oxygens (including phenoxy) is 2. The number of methoxy groups -OCH3 is 1. The molecule has 134 valence electrons. The van der Waals surface area contributed by atoms with Crippen LogP contribution in [0.25, 0.3) is 0 Å². The second-order valence-corrected chi connectivity index (χ2v) is 6.17. The summed E-state index contributed by atoms with van der Waals surface area (Å²) in [6.45, 7) is 6.07. The molecule has 0 aliphatic heterocycles. The quantitative estimate of drug-likeness (QED) is 0.522. The van der Waals surface area contributed by atoms with Crippen molar-refractivity contribution >= 4 is 11.6 Å². The Bertz CT molecular complexity index is 560. The van der Waals surface area contributed by atoms with Gasteiger partial charge in [0.25, 0.3) is 11.6 Å². The van der Waals surface area contributed by atoms with Crippen LogP contribution in [0.3, 0.4) is 0 Å². The van der Waals surface area contributed by atoms with Gasteiger partial charge in [-0.3, -0.25) is 14.9 Å². The molecule has 7 nitrogen and oxygen atoms in total. The Balaban J connectivity index is 2.51. The number of nitro groups is 1. The van der Waals surface area contributed by atoms with Crippen molar-refractivity contribution in [3.8, 4) is 11.5 Å². The Labute approximate surface area is 142 Å². The monoisotopic (exact) mass is 338 g/mol. The molecule has 1 amide bonds. The maximum absolute atomic E-state index is 11.9. The van der Waals surface area contributed by atoms with Gasteiger partial charge in [-0.2, -0.15) is 0 Å². The molecule has 24 heavy (non-hydrogen) atoms. The molecule has 0 saturated carbocycles. The van der Waals surface area contributed by atoms with Crippen molar-refractivity contribution in [1.29, 1.82) is 0 Å². The number of non-ortho nitro benzene ring substituents is 1. The third kappa shape index (κ3) is 6.85. The molecule has 1 atom stereocenters. The van der Waals surface area contributed by atoms with Crippen LogP contribution in [0.5, 0.6) is 11.5 Å². The topological polar surface area (TPSA) is 90.7 Å². The summed E-state index contributed by atoms with van der Waals surface area (Å²) in [4.78, 5) is 22.2. The number of hydrogen-bond donors (Lipinski definition) is 1. The van der Waals surface area contributed by atoms with Gasteiger partial charge in [0.2, 0.25) is 0 Å². The second kappa shape index (κ2) is 9.75. The van der Waals surface area contributed by atoms with Gasteiger partial charge in [0.05, 0.1) is 18.1 Å². The van der Waals surface area contributed by atoms with Crippen molar-refractivity contribution in [3.63, 3.8) is 0 Å². The number of nitrogens with zero attached hydrogens (tertiary/aromatic N) is 1. The highest BCUT2D eigenvalue weighted by molar-refractivity contribution is 5.77. The minimum atomic E-state index is -0.525. The van der Waals surface area contributed by atoms with Crippen LogP contribution in [-0.4, -0.2) is 30.6 Å². The van der Waals surface area contributed by atoms with Crippen molar-refractivity contribution in [2.24, 2.45) is 5.92 Å². The number of amides is 1. The van der Waals surface area contributed by atoms with Gasteiger partial charge in [-0.25, -0.2) is 0 Å². The number of carbonyl (C=O) groups excluding carboxylic acids is 1. The summed E-state index contributed by atoms with van der Waals surface area (Å²) in [6.07, 6.45) is 3.09. The summed E-state index contributed by atoms with van der Waals surface area (Å²) in [5.41, 5.74) is -0.117. The van der Waals surface area contributed by atoms with Crippen LogP contribution in [0.2, 0.25) is 0 Å². The van der Waals surface area contributed by atoms with Gasteiger partial charge in [-0.05, 0) is 25.3 Å². The number of nitro benzene ring substituents is 1. The van der Waals surface area contributed by atoms with E-state index in [0.717, 1.165) is 19.3 Å². The molecule has 0 saturated heterocycles. The molecule has 0 radical (unpaired) electrons. The van der Waals surface area contributed by atoms with E-state index in [4.69, 9.17) is 9.47 Å². The second-order valence-electron chi connectivity index (χ2n) is 6.17. The summed E-state index contributed by atoms with van der Waals surface area (Å²) in [5, 5.41) is 13.7. The standard InChI is InChI=1S/C17H26N2O5/c1-12(2)6-5-7-13(3)18-17(20)11-24-16-10-14(19(21)22)8-9-15(16)23-4/h8-10,12-13H,5-7,11H2,1-4H3,(H,18,20)/t13-/m0/s1.